The van der Waals surface area contributed by atoms with Gasteiger partial charge in [0, 0.05) is 19.1 Å². The van der Waals surface area contributed by atoms with Crippen LogP contribution in [0.1, 0.15) is 39.5 Å². The van der Waals surface area contributed by atoms with Crippen molar-refractivity contribution in [2.75, 3.05) is 26.2 Å². The van der Waals surface area contributed by atoms with E-state index in [1.807, 2.05) is 4.90 Å². The Labute approximate surface area is 110 Å². The maximum Gasteiger partial charge on any atom is 0.409 e. The first-order valence-corrected chi connectivity index (χ1v) is 7.30. The molecule has 1 aliphatic heterocycles. The highest BCUT2D eigenvalue weighted by Crippen LogP contribution is 2.30. The van der Waals surface area contributed by atoms with E-state index in [1.54, 1.807) is 0 Å². The van der Waals surface area contributed by atoms with Crippen LogP contribution >= 0.6 is 0 Å². The number of nitrogens with zero attached hydrogens (tertiary/aromatic N) is 1. The lowest BCUT2D eigenvalue weighted by molar-refractivity contribution is 0.0875. The molecule has 0 spiro atoms. The topological polar surface area (TPSA) is 41.6 Å². The Hall–Kier alpha value is -0.770. The molecule has 0 aromatic rings. The van der Waals surface area contributed by atoms with Crippen molar-refractivity contribution >= 4 is 6.09 Å². The summed E-state index contributed by atoms with van der Waals surface area (Å²) in [6.45, 7) is 7.44. The van der Waals surface area contributed by atoms with Crippen molar-refractivity contribution in [2.45, 2.75) is 45.6 Å². The number of rotatable bonds is 6. The fourth-order valence-corrected chi connectivity index (χ4v) is 2.34. The maximum absolute atomic E-state index is 12.1. The predicted octanol–water partition coefficient (Wildman–Crippen LogP) is 2.24. The third kappa shape index (κ3) is 4.48. The van der Waals surface area contributed by atoms with E-state index in [2.05, 4.69) is 19.2 Å². The van der Waals surface area contributed by atoms with Crippen molar-refractivity contribution in [2.24, 2.45) is 11.8 Å². The second-order valence-corrected chi connectivity index (χ2v) is 6.11. The lowest BCUT2D eigenvalue weighted by Gasteiger charge is -2.25. The van der Waals surface area contributed by atoms with Gasteiger partial charge in [-0.25, -0.2) is 4.79 Å². The van der Waals surface area contributed by atoms with Crippen LogP contribution in [0, 0.1) is 11.8 Å². The van der Waals surface area contributed by atoms with Crippen LogP contribution in [0.4, 0.5) is 4.79 Å². The minimum absolute atomic E-state index is 0.121. The zero-order valence-electron chi connectivity index (χ0n) is 11.7. The van der Waals surface area contributed by atoms with Crippen LogP contribution in [-0.2, 0) is 4.74 Å². The Morgan fingerprint density at radius 3 is 2.67 bits per heavy atom. The van der Waals surface area contributed by atoms with Gasteiger partial charge in [0.25, 0.3) is 0 Å². The number of ether oxygens (including phenoxy) is 1. The monoisotopic (exact) mass is 254 g/mol. The number of nitrogens with one attached hydrogen (secondary N) is 1. The van der Waals surface area contributed by atoms with Crippen molar-refractivity contribution in [1.29, 1.82) is 0 Å². The summed E-state index contributed by atoms with van der Waals surface area (Å²) < 4.78 is 5.36. The summed E-state index contributed by atoms with van der Waals surface area (Å²) in [4.78, 5) is 14.0. The van der Waals surface area contributed by atoms with Crippen LogP contribution in [0.2, 0.25) is 0 Å². The average molecular weight is 254 g/mol. The SMILES string of the molecule is CC(C)COC(=O)N(CC1CC1)CC1CCCN1. The fraction of sp³-hybridized carbons (Fsp3) is 0.929. The van der Waals surface area contributed by atoms with Crippen LogP contribution in [-0.4, -0.2) is 43.3 Å². The zero-order valence-corrected chi connectivity index (χ0v) is 11.7. The summed E-state index contributed by atoms with van der Waals surface area (Å²) in [5.74, 6) is 1.12. The summed E-state index contributed by atoms with van der Waals surface area (Å²) >= 11 is 0. The van der Waals surface area contributed by atoms with Crippen LogP contribution in [0.15, 0.2) is 0 Å². The third-order valence-corrected chi connectivity index (χ3v) is 3.58. The van der Waals surface area contributed by atoms with Gasteiger partial charge in [-0.1, -0.05) is 13.8 Å². The number of hydrogen-bond donors (Lipinski definition) is 1. The van der Waals surface area contributed by atoms with Gasteiger partial charge in [0.2, 0.25) is 0 Å². The third-order valence-electron chi connectivity index (χ3n) is 3.58. The molecule has 4 heteroatoms. The molecule has 1 heterocycles. The predicted molar refractivity (Wildman–Crippen MR) is 71.5 cm³/mol. The lowest BCUT2D eigenvalue weighted by Crippen LogP contribution is -2.42. The first-order valence-electron chi connectivity index (χ1n) is 7.30. The van der Waals surface area contributed by atoms with Gasteiger partial charge in [0.15, 0.2) is 0 Å². The summed E-state index contributed by atoms with van der Waals surface area (Å²) in [7, 11) is 0. The van der Waals surface area contributed by atoms with E-state index >= 15 is 0 Å². The Morgan fingerprint density at radius 1 is 1.33 bits per heavy atom. The second-order valence-electron chi connectivity index (χ2n) is 6.11. The van der Waals surface area contributed by atoms with Gasteiger partial charge in [-0.3, -0.25) is 0 Å². The van der Waals surface area contributed by atoms with Crippen LogP contribution in [0.5, 0.6) is 0 Å². The molecule has 1 unspecified atom stereocenters. The number of carbonyl (C=O) groups is 1. The average Bonchev–Trinajstić information content (AvgIpc) is 2.99. The molecule has 2 fully saturated rings. The Balaban J connectivity index is 1.80. The summed E-state index contributed by atoms with van der Waals surface area (Å²) in [5.41, 5.74) is 0. The standard InChI is InChI=1S/C14H26N2O2/c1-11(2)10-18-14(17)16(8-12-5-6-12)9-13-4-3-7-15-13/h11-13,15H,3-10H2,1-2H3. The molecule has 0 bridgehead atoms. The number of carbonyl (C=O) groups excluding carboxylic acids is 1. The molecule has 18 heavy (non-hydrogen) atoms. The van der Waals surface area contributed by atoms with Gasteiger partial charge in [0.1, 0.15) is 0 Å². The van der Waals surface area contributed by atoms with E-state index in [4.69, 9.17) is 4.74 Å². The largest absolute Gasteiger partial charge is 0.449 e. The maximum atomic E-state index is 12.1. The molecule has 2 rings (SSSR count). The van der Waals surface area contributed by atoms with Crippen molar-refractivity contribution in [3.8, 4) is 0 Å². The van der Waals surface area contributed by atoms with Crippen molar-refractivity contribution < 1.29 is 9.53 Å². The molecule has 0 aromatic carbocycles. The molecule has 0 radical (unpaired) electrons. The van der Waals surface area contributed by atoms with Gasteiger partial charge < -0.3 is 15.0 Å². The first kappa shape index (κ1) is 13.7. The minimum Gasteiger partial charge on any atom is -0.449 e. The smallest absolute Gasteiger partial charge is 0.409 e. The fourth-order valence-electron chi connectivity index (χ4n) is 2.34. The molecule has 2 aliphatic rings. The van der Waals surface area contributed by atoms with E-state index < -0.39 is 0 Å². The van der Waals surface area contributed by atoms with E-state index in [0.717, 1.165) is 25.6 Å². The van der Waals surface area contributed by atoms with Crippen LogP contribution in [0.3, 0.4) is 0 Å². The Morgan fingerprint density at radius 2 is 2.11 bits per heavy atom. The molecule has 1 saturated carbocycles. The summed E-state index contributed by atoms with van der Waals surface area (Å²) in [6, 6.07) is 0.468. The zero-order chi connectivity index (χ0) is 13.0. The van der Waals surface area contributed by atoms with Gasteiger partial charge in [0.05, 0.1) is 6.61 Å². The summed E-state index contributed by atoms with van der Waals surface area (Å²) in [5, 5.41) is 3.45. The van der Waals surface area contributed by atoms with Gasteiger partial charge in [-0.15, -0.1) is 0 Å². The second kappa shape index (κ2) is 6.41. The van der Waals surface area contributed by atoms with Crippen molar-refractivity contribution in [3.05, 3.63) is 0 Å². The highest BCUT2D eigenvalue weighted by atomic mass is 16.6. The van der Waals surface area contributed by atoms with Crippen molar-refractivity contribution in [1.82, 2.24) is 10.2 Å². The van der Waals surface area contributed by atoms with Crippen molar-refractivity contribution in [3.63, 3.8) is 0 Å². The molecular weight excluding hydrogens is 228 g/mol. The number of amides is 1. The summed E-state index contributed by atoms with van der Waals surface area (Å²) in [6.07, 6.45) is 4.82. The van der Waals surface area contributed by atoms with Gasteiger partial charge in [-0.05, 0) is 44.1 Å². The molecule has 1 saturated heterocycles. The van der Waals surface area contributed by atoms with E-state index in [-0.39, 0.29) is 6.09 Å². The van der Waals surface area contributed by atoms with Crippen LogP contribution < -0.4 is 5.32 Å². The highest BCUT2D eigenvalue weighted by Gasteiger charge is 2.29. The van der Waals surface area contributed by atoms with E-state index in [1.165, 1.54) is 25.7 Å². The molecule has 0 aromatic heterocycles. The number of hydrogen-bond acceptors (Lipinski definition) is 3. The molecule has 104 valence electrons. The highest BCUT2D eigenvalue weighted by molar-refractivity contribution is 5.67. The van der Waals surface area contributed by atoms with Gasteiger partial charge in [-0.2, -0.15) is 0 Å². The molecule has 4 nitrogen and oxygen atoms in total. The molecule has 1 N–H and O–H groups in total. The molecule has 1 amide bonds. The quantitative estimate of drug-likeness (QED) is 0.790. The Bertz CT molecular complexity index is 271. The molecule has 1 aliphatic carbocycles. The lowest BCUT2D eigenvalue weighted by atomic mass is 10.2. The normalized spacial score (nSPS) is 23.4. The Kier molecular flexibility index (Phi) is 4.87. The molecule has 1 atom stereocenters. The molecular formula is C14H26N2O2. The van der Waals surface area contributed by atoms with Gasteiger partial charge >= 0.3 is 6.09 Å². The van der Waals surface area contributed by atoms with Crippen LogP contribution in [0.25, 0.3) is 0 Å². The minimum atomic E-state index is -0.121. The first-order chi connectivity index (χ1) is 8.65. The van der Waals surface area contributed by atoms with E-state index in [0.29, 0.717) is 18.6 Å². The van der Waals surface area contributed by atoms with E-state index in [9.17, 15) is 4.79 Å².